The van der Waals surface area contributed by atoms with E-state index in [1.54, 1.807) is 7.11 Å². The molecule has 86 valence electrons. The second kappa shape index (κ2) is 4.71. The average molecular weight is 232 g/mol. The van der Waals surface area contributed by atoms with Gasteiger partial charge in [-0.2, -0.15) is 0 Å². The van der Waals surface area contributed by atoms with Crippen molar-refractivity contribution in [2.45, 2.75) is 24.6 Å². The van der Waals surface area contributed by atoms with E-state index in [1.165, 1.54) is 6.42 Å². The maximum Gasteiger partial charge on any atom is 0.223 e. The van der Waals surface area contributed by atoms with Crippen molar-refractivity contribution in [1.29, 1.82) is 0 Å². The second-order valence-corrected chi connectivity index (χ2v) is 5.34. The normalized spacial score (nSPS) is 34.7. The number of nitrogens with one attached hydrogen (secondary N) is 1. The molecule has 3 nitrogen and oxygen atoms in total. The topological polar surface area (TPSA) is 38.3 Å². The van der Waals surface area contributed by atoms with Gasteiger partial charge in [-0.05, 0) is 31.1 Å². The Bertz CT molecular complexity index is 237. The molecule has 15 heavy (non-hydrogen) atoms. The van der Waals surface area contributed by atoms with Gasteiger partial charge in [-0.3, -0.25) is 4.79 Å². The third-order valence-electron chi connectivity index (χ3n) is 3.46. The van der Waals surface area contributed by atoms with Gasteiger partial charge in [-0.1, -0.05) is 0 Å². The Hall–Kier alpha value is -0.280. The van der Waals surface area contributed by atoms with Gasteiger partial charge in [-0.25, -0.2) is 0 Å². The Morgan fingerprint density at radius 2 is 2.13 bits per heavy atom. The second-order valence-electron chi connectivity index (χ2n) is 4.72. The van der Waals surface area contributed by atoms with Gasteiger partial charge in [0.2, 0.25) is 5.91 Å². The van der Waals surface area contributed by atoms with Crippen LogP contribution < -0.4 is 5.32 Å². The fraction of sp³-hybridized carbons (Fsp3) is 0.909. The molecular formula is C11H18ClNO2. The molecule has 2 aliphatic carbocycles. The smallest absolute Gasteiger partial charge is 0.223 e. The molecule has 1 N–H and O–H groups in total. The number of fused-ring (bicyclic) bond motifs is 1. The molecular weight excluding hydrogens is 214 g/mol. The molecule has 2 saturated carbocycles. The predicted octanol–water partition coefficient (Wildman–Crippen LogP) is 1.40. The minimum Gasteiger partial charge on any atom is -0.383 e. The van der Waals surface area contributed by atoms with Gasteiger partial charge >= 0.3 is 0 Å². The Balaban J connectivity index is 1.64. The van der Waals surface area contributed by atoms with Crippen LogP contribution in [0.4, 0.5) is 0 Å². The summed E-state index contributed by atoms with van der Waals surface area (Å²) in [5.74, 6) is 2.14. The zero-order chi connectivity index (χ0) is 10.8. The van der Waals surface area contributed by atoms with Crippen molar-refractivity contribution in [2.24, 2.45) is 17.8 Å². The fourth-order valence-electron chi connectivity index (χ4n) is 2.52. The number of rotatable bonds is 5. The first-order chi connectivity index (χ1) is 7.20. The van der Waals surface area contributed by atoms with Crippen LogP contribution in [-0.4, -0.2) is 31.5 Å². The van der Waals surface area contributed by atoms with Crippen LogP contribution in [0, 0.1) is 17.8 Å². The van der Waals surface area contributed by atoms with Gasteiger partial charge < -0.3 is 10.1 Å². The third kappa shape index (κ3) is 2.85. The molecule has 0 spiro atoms. The van der Waals surface area contributed by atoms with E-state index >= 15 is 0 Å². The lowest BCUT2D eigenvalue weighted by atomic mass is 10.0. The molecule has 0 aromatic heterocycles. The SMILES string of the molecule is COCC(Cl)CNC(=O)C1CC2CC2C1. The molecule has 2 fully saturated rings. The molecule has 0 aliphatic heterocycles. The molecule has 2 rings (SSSR count). The van der Waals surface area contributed by atoms with Crippen molar-refractivity contribution in [3.8, 4) is 0 Å². The highest BCUT2D eigenvalue weighted by Gasteiger charge is 2.47. The zero-order valence-corrected chi connectivity index (χ0v) is 9.80. The first-order valence-electron chi connectivity index (χ1n) is 5.61. The number of methoxy groups -OCH3 is 1. The number of amides is 1. The molecule has 4 heteroatoms. The van der Waals surface area contributed by atoms with E-state index in [1.807, 2.05) is 0 Å². The number of halogens is 1. The van der Waals surface area contributed by atoms with Gasteiger partial charge in [-0.15, -0.1) is 11.6 Å². The maximum absolute atomic E-state index is 11.7. The minimum absolute atomic E-state index is 0.116. The van der Waals surface area contributed by atoms with E-state index in [-0.39, 0.29) is 17.2 Å². The van der Waals surface area contributed by atoms with Crippen molar-refractivity contribution in [2.75, 3.05) is 20.3 Å². The highest BCUT2D eigenvalue weighted by Crippen LogP contribution is 2.54. The third-order valence-corrected chi connectivity index (χ3v) is 3.74. The lowest BCUT2D eigenvalue weighted by Gasteiger charge is -2.14. The summed E-state index contributed by atoms with van der Waals surface area (Å²) in [7, 11) is 1.61. The van der Waals surface area contributed by atoms with Crippen LogP contribution in [0.3, 0.4) is 0 Å². The molecule has 3 unspecified atom stereocenters. The molecule has 0 saturated heterocycles. The summed E-state index contributed by atoms with van der Waals surface area (Å²) in [4.78, 5) is 11.7. The first-order valence-corrected chi connectivity index (χ1v) is 6.05. The maximum atomic E-state index is 11.7. The highest BCUT2D eigenvalue weighted by molar-refractivity contribution is 6.21. The minimum atomic E-state index is -0.116. The lowest BCUT2D eigenvalue weighted by Crippen LogP contribution is -2.35. The number of carbonyl (C=O) groups is 1. The van der Waals surface area contributed by atoms with Crippen LogP contribution in [0.1, 0.15) is 19.3 Å². The predicted molar refractivity (Wildman–Crippen MR) is 58.8 cm³/mol. The summed E-state index contributed by atoms with van der Waals surface area (Å²) in [5, 5.41) is 2.78. The number of ether oxygens (including phenoxy) is 1. The van der Waals surface area contributed by atoms with Crippen molar-refractivity contribution in [3.05, 3.63) is 0 Å². The zero-order valence-electron chi connectivity index (χ0n) is 9.04. The Morgan fingerprint density at radius 3 is 2.73 bits per heavy atom. The molecule has 0 aromatic rings. The Labute approximate surface area is 95.5 Å². The lowest BCUT2D eigenvalue weighted by molar-refractivity contribution is -0.125. The van der Waals surface area contributed by atoms with Gasteiger partial charge in [0.1, 0.15) is 0 Å². The van der Waals surface area contributed by atoms with Crippen molar-refractivity contribution in [3.63, 3.8) is 0 Å². The van der Waals surface area contributed by atoms with Crippen molar-refractivity contribution >= 4 is 17.5 Å². The van der Waals surface area contributed by atoms with E-state index in [9.17, 15) is 4.79 Å². The van der Waals surface area contributed by atoms with Crippen LogP contribution in [-0.2, 0) is 9.53 Å². The van der Waals surface area contributed by atoms with Gasteiger partial charge in [0.15, 0.2) is 0 Å². The van der Waals surface area contributed by atoms with Crippen molar-refractivity contribution in [1.82, 2.24) is 5.32 Å². The Kier molecular flexibility index (Phi) is 3.52. The van der Waals surface area contributed by atoms with Crippen LogP contribution in [0.5, 0.6) is 0 Å². The van der Waals surface area contributed by atoms with Gasteiger partial charge in [0.25, 0.3) is 0 Å². The van der Waals surface area contributed by atoms with E-state index < -0.39 is 0 Å². The number of carbonyl (C=O) groups excluding carboxylic acids is 1. The van der Waals surface area contributed by atoms with E-state index in [4.69, 9.17) is 16.3 Å². The molecule has 0 aromatic carbocycles. The van der Waals surface area contributed by atoms with E-state index in [0.29, 0.717) is 13.2 Å². The van der Waals surface area contributed by atoms with Gasteiger partial charge in [0, 0.05) is 19.6 Å². The summed E-state index contributed by atoms with van der Waals surface area (Å²) < 4.78 is 4.90. The average Bonchev–Trinajstić information content (AvgIpc) is 2.83. The largest absolute Gasteiger partial charge is 0.383 e. The first kappa shape index (κ1) is 11.2. The number of hydrogen-bond donors (Lipinski definition) is 1. The monoisotopic (exact) mass is 231 g/mol. The van der Waals surface area contributed by atoms with Crippen molar-refractivity contribution < 1.29 is 9.53 Å². The summed E-state index contributed by atoms with van der Waals surface area (Å²) in [6.07, 6.45) is 3.53. The van der Waals surface area contributed by atoms with Crippen LogP contribution >= 0.6 is 11.6 Å². The van der Waals surface area contributed by atoms with Crippen LogP contribution in [0.2, 0.25) is 0 Å². The summed E-state index contributed by atoms with van der Waals surface area (Å²) in [6, 6.07) is 0. The summed E-state index contributed by atoms with van der Waals surface area (Å²) in [6.45, 7) is 0.998. The van der Waals surface area contributed by atoms with E-state index in [0.717, 1.165) is 24.7 Å². The Morgan fingerprint density at radius 1 is 1.47 bits per heavy atom. The molecule has 2 aliphatic rings. The number of hydrogen-bond acceptors (Lipinski definition) is 2. The summed E-state index contributed by atoms with van der Waals surface area (Å²) in [5.41, 5.74) is 0. The van der Waals surface area contributed by atoms with Gasteiger partial charge in [0.05, 0.1) is 12.0 Å². The van der Waals surface area contributed by atoms with Crippen LogP contribution in [0.15, 0.2) is 0 Å². The molecule has 0 bridgehead atoms. The quantitative estimate of drug-likeness (QED) is 0.727. The molecule has 3 atom stereocenters. The summed E-state index contributed by atoms with van der Waals surface area (Å²) >= 11 is 5.93. The highest BCUT2D eigenvalue weighted by atomic mass is 35.5. The molecule has 0 heterocycles. The number of alkyl halides is 1. The molecule has 0 radical (unpaired) electrons. The standard InChI is InChI=1S/C11H18ClNO2/c1-15-6-10(12)5-13-11(14)9-3-7-2-8(7)4-9/h7-10H,2-6H2,1H3,(H,13,14). The molecule has 1 amide bonds. The fourth-order valence-corrected chi connectivity index (χ4v) is 2.73. The van der Waals surface area contributed by atoms with Crippen LogP contribution in [0.25, 0.3) is 0 Å². The van der Waals surface area contributed by atoms with E-state index in [2.05, 4.69) is 5.32 Å².